The Balaban J connectivity index is 1.98. The Bertz CT molecular complexity index is 583. The van der Waals surface area contributed by atoms with Crippen LogP contribution in [0.2, 0.25) is 0 Å². The van der Waals surface area contributed by atoms with Crippen molar-refractivity contribution in [3.8, 4) is 0 Å². The summed E-state index contributed by atoms with van der Waals surface area (Å²) in [6.45, 7) is 7.22. The molecule has 4 heteroatoms. The smallest absolute Gasteiger partial charge is 0.295 e. The van der Waals surface area contributed by atoms with Crippen LogP contribution >= 0.6 is 0 Å². The van der Waals surface area contributed by atoms with Crippen LogP contribution in [0, 0.1) is 5.92 Å². The van der Waals surface area contributed by atoms with Gasteiger partial charge in [0.15, 0.2) is 5.78 Å². The maximum atomic E-state index is 15.1. The normalized spacial score (nSPS) is 29.0. The predicted molar refractivity (Wildman–Crippen MR) is 82.1 cm³/mol. The highest BCUT2D eigenvalue weighted by Gasteiger charge is 2.54. The highest BCUT2D eigenvalue weighted by molar-refractivity contribution is 5.89. The van der Waals surface area contributed by atoms with E-state index in [0.29, 0.717) is 13.1 Å². The zero-order chi connectivity index (χ0) is 16.1. The largest absolute Gasteiger partial charge is 0.297 e. The summed E-state index contributed by atoms with van der Waals surface area (Å²) in [5.41, 5.74) is 0.640. The molecular formula is C18H23F2NO. The topological polar surface area (TPSA) is 20.3 Å². The van der Waals surface area contributed by atoms with Gasteiger partial charge in [0.05, 0.1) is 0 Å². The molecule has 1 unspecified atom stereocenters. The predicted octanol–water partition coefficient (Wildman–Crippen LogP) is 3.74. The van der Waals surface area contributed by atoms with E-state index in [1.54, 1.807) is 17.0 Å². The molecule has 0 aromatic heterocycles. The van der Waals surface area contributed by atoms with Gasteiger partial charge in [-0.2, -0.15) is 8.78 Å². The second-order valence-corrected chi connectivity index (χ2v) is 7.57. The number of hydrogen-bond donors (Lipinski definition) is 0. The third-order valence-corrected chi connectivity index (χ3v) is 5.02. The molecule has 1 aromatic carbocycles. The van der Waals surface area contributed by atoms with Gasteiger partial charge in [-0.3, -0.25) is 9.69 Å². The molecule has 3 fully saturated rings. The Kier molecular flexibility index (Phi) is 3.63. The number of carbonyl (C=O) groups excluding carboxylic acids is 1. The summed E-state index contributed by atoms with van der Waals surface area (Å²) >= 11 is 0. The Hall–Kier alpha value is -1.29. The summed E-state index contributed by atoms with van der Waals surface area (Å²) in [4.78, 5) is 14.0. The highest BCUT2D eigenvalue weighted by atomic mass is 19.3. The van der Waals surface area contributed by atoms with E-state index < -0.39 is 12.0 Å². The number of rotatable bonds is 2. The third-order valence-electron chi connectivity index (χ3n) is 5.02. The molecule has 3 aliphatic rings. The van der Waals surface area contributed by atoms with Gasteiger partial charge in [-0.25, -0.2) is 0 Å². The maximum Gasteiger partial charge on any atom is 0.295 e. The Labute approximate surface area is 130 Å². The van der Waals surface area contributed by atoms with E-state index in [4.69, 9.17) is 0 Å². The van der Waals surface area contributed by atoms with Gasteiger partial charge >= 0.3 is 0 Å². The van der Waals surface area contributed by atoms with E-state index in [0.717, 1.165) is 18.4 Å². The molecule has 4 rings (SSSR count). The van der Waals surface area contributed by atoms with Crippen LogP contribution in [0.1, 0.15) is 44.7 Å². The fourth-order valence-electron chi connectivity index (χ4n) is 3.60. The minimum atomic E-state index is -3.13. The molecule has 0 saturated carbocycles. The summed E-state index contributed by atoms with van der Waals surface area (Å²) < 4.78 is 30.1. The minimum Gasteiger partial charge on any atom is -0.297 e. The summed E-state index contributed by atoms with van der Waals surface area (Å²) in [5, 5.41) is 0. The van der Waals surface area contributed by atoms with Gasteiger partial charge in [-0.05, 0) is 43.0 Å². The quantitative estimate of drug-likeness (QED) is 0.829. The molecule has 0 N–H and O–H groups in total. The number of fused-ring (bicyclic) bond motifs is 3. The van der Waals surface area contributed by atoms with Crippen molar-refractivity contribution in [2.45, 2.75) is 51.0 Å². The van der Waals surface area contributed by atoms with Crippen LogP contribution in [0.25, 0.3) is 0 Å². The van der Waals surface area contributed by atoms with Crippen LogP contribution in [0.3, 0.4) is 0 Å². The van der Waals surface area contributed by atoms with Gasteiger partial charge in [0.2, 0.25) is 0 Å². The van der Waals surface area contributed by atoms with E-state index in [2.05, 4.69) is 0 Å². The average Bonchev–Trinajstić information content (AvgIpc) is 2.47. The SMILES string of the molecule is CC(C)(C)c1cccc(C(F)(F)C2C(=O)C3CCN2CC3)c1. The van der Waals surface area contributed by atoms with Crippen LogP contribution in [-0.2, 0) is 16.1 Å². The van der Waals surface area contributed by atoms with E-state index in [1.165, 1.54) is 6.07 Å². The van der Waals surface area contributed by atoms with E-state index in [9.17, 15) is 4.79 Å². The summed E-state index contributed by atoms with van der Waals surface area (Å²) in [6.07, 6.45) is 1.46. The molecular weight excluding hydrogens is 284 g/mol. The van der Waals surface area contributed by atoms with Crippen molar-refractivity contribution in [3.05, 3.63) is 35.4 Å². The lowest BCUT2D eigenvalue weighted by Crippen LogP contribution is -2.61. The number of ketones is 1. The fraction of sp³-hybridized carbons (Fsp3) is 0.611. The van der Waals surface area contributed by atoms with Crippen LogP contribution in [0.15, 0.2) is 24.3 Å². The average molecular weight is 307 g/mol. The molecule has 1 aromatic rings. The number of carbonyl (C=O) groups is 1. The Morgan fingerprint density at radius 3 is 2.23 bits per heavy atom. The number of alkyl halides is 2. The van der Waals surface area contributed by atoms with Crippen molar-refractivity contribution < 1.29 is 13.6 Å². The molecule has 1 atom stereocenters. The van der Waals surface area contributed by atoms with Crippen LogP contribution < -0.4 is 0 Å². The van der Waals surface area contributed by atoms with Crippen molar-refractivity contribution in [2.75, 3.05) is 13.1 Å². The summed E-state index contributed by atoms with van der Waals surface area (Å²) in [5.74, 6) is -3.58. The number of Topliss-reactive ketones (excluding diaryl/α,β-unsaturated/α-hetero) is 1. The number of piperidine rings is 3. The van der Waals surface area contributed by atoms with E-state index in [1.807, 2.05) is 26.8 Å². The summed E-state index contributed by atoms with van der Waals surface area (Å²) in [7, 11) is 0. The van der Waals surface area contributed by atoms with Crippen molar-refractivity contribution in [1.29, 1.82) is 0 Å². The molecule has 2 bridgehead atoms. The molecule has 3 heterocycles. The maximum absolute atomic E-state index is 15.1. The molecule has 0 amide bonds. The van der Waals surface area contributed by atoms with Gasteiger partial charge in [0.1, 0.15) is 6.04 Å². The van der Waals surface area contributed by atoms with Gasteiger partial charge < -0.3 is 0 Å². The number of halogens is 2. The van der Waals surface area contributed by atoms with E-state index in [-0.39, 0.29) is 22.7 Å². The van der Waals surface area contributed by atoms with Crippen LogP contribution in [0.4, 0.5) is 8.78 Å². The molecule has 0 aliphatic carbocycles. The summed E-state index contributed by atoms with van der Waals surface area (Å²) in [6, 6.07) is 5.28. The monoisotopic (exact) mass is 307 g/mol. The first-order valence-corrected chi connectivity index (χ1v) is 7.98. The lowest BCUT2D eigenvalue weighted by molar-refractivity contribution is -0.162. The third kappa shape index (κ3) is 2.47. The Morgan fingerprint density at radius 1 is 1.09 bits per heavy atom. The number of hydrogen-bond acceptors (Lipinski definition) is 2. The van der Waals surface area contributed by atoms with Crippen molar-refractivity contribution in [1.82, 2.24) is 4.90 Å². The minimum absolute atomic E-state index is 0.0363. The highest BCUT2D eigenvalue weighted by Crippen LogP contribution is 2.42. The molecule has 22 heavy (non-hydrogen) atoms. The second-order valence-electron chi connectivity index (χ2n) is 7.57. The van der Waals surface area contributed by atoms with Gasteiger partial charge in [0, 0.05) is 11.5 Å². The van der Waals surface area contributed by atoms with Crippen molar-refractivity contribution >= 4 is 5.78 Å². The first-order chi connectivity index (χ1) is 10.2. The van der Waals surface area contributed by atoms with E-state index >= 15 is 8.78 Å². The first kappa shape index (κ1) is 15.6. The number of nitrogens with zero attached hydrogens (tertiary/aromatic N) is 1. The van der Waals surface area contributed by atoms with Crippen LogP contribution in [0.5, 0.6) is 0 Å². The standard InChI is InChI=1S/C18H23F2NO/c1-17(2,3)13-5-4-6-14(11-13)18(19,20)16-15(22)12-7-9-21(16)10-8-12/h4-6,11-12,16H,7-10H2,1-3H3. The second kappa shape index (κ2) is 5.12. The lowest BCUT2D eigenvalue weighted by Gasteiger charge is -2.46. The molecule has 2 nitrogen and oxygen atoms in total. The lowest BCUT2D eigenvalue weighted by atomic mass is 9.77. The zero-order valence-electron chi connectivity index (χ0n) is 13.4. The van der Waals surface area contributed by atoms with Crippen LogP contribution in [-0.4, -0.2) is 29.8 Å². The number of benzene rings is 1. The molecule has 120 valence electrons. The zero-order valence-corrected chi connectivity index (χ0v) is 13.4. The molecule has 0 spiro atoms. The van der Waals surface area contributed by atoms with Gasteiger partial charge in [0.25, 0.3) is 5.92 Å². The first-order valence-electron chi connectivity index (χ1n) is 7.98. The van der Waals surface area contributed by atoms with Crippen molar-refractivity contribution in [2.24, 2.45) is 5.92 Å². The molecule has 3 saturated heterocycles. The fourth-order valence-corrected chi connectivity index (χ4v) is 3.60. The Morgan fingerprint density at radius 2 is 1.68 bits per heavy atom. The molecule has 3 aliphatic heterocycles. The molecule has 0 radical (unpaired) electrons. The van der Waals surface area contributed by atoms with Gasteiger partial charge in [-0.15, -0.1) is 0 Å². The van der Waals surface area contributed by atoms with Crippen molar-refractivity contribution in [3.63, 3.8) is 0 Å². The van der Waals surface area contributed by atoms with Gasteiger partial charge in [-0.1, -0.05) is 39.0 Å².